The maximum atomic E-state index is 14.2. The summed E-state index contributed by atoms with van der Waals surface area (Å²) < 4.78 is 12.4. The fraction of sp³-hybridized carbons (Fsp3) is 0.741. The third-order valence-electron chi connectivity index (χ3n) is 8.02. The summed E-state index contributed by atoms with van der Waals surface area (Å²) in [6.45, 7) is 9.15. The smallest absolute Gasteiger partial charge is 0.313 e. The number of amides is 2. The molecule has 1 unspecified atom stereocenters. The van der Waals surface area contributed by atoms with Crippen LogP contribution in [-0.4, -0.2) is 81.8 Å². The molecule has 0 aromatic rings. The largest absolute Gasteiger partial charge is 0.465 e. The molecule has 4 rings (SSSR count). The highest BCUT2D eigenvalue weighted by Gasteiger charge is 2.75. The van der Waals surface area contributed by atoms with Crippen molar-refractivity contribution < 1.29 is 29.0 Å². The summed E-state index contributed by atoms with van der Waals surface area (Å²) in [4.78, 5) is 45.1. The summed E-state index contributed by atoms with van der Waals surface area (Å²) >= 11 is 0. The van der Waals surface area contributed by atoms with Crippen molar-refractivity contribution in [3.05, 3.63) is 24.3 Å². The molecule has 2 amide bonds. The van der Waals surface area contributed by atoms with Gasteiger partial charge in [-0.1, -0.05) is 44.1 Å². The van der Waals surface area contributed by atoms with Gasteiger partial charge in [-0.25, -0.2) is 0 Å². The Morgan fingerprint density at radius 3 is 2.46 bits per heavy atom. The second-order valence-corrected chi connectivity index (χ2v) is 11.2. The number of unbranched alkanes of at least 4 members (excludes halogenated alkanes) is 3. The van der Waals surface area contributed by atoms with Crippen LogP contribution in [0.4, 0.5) is 0 Å². The number of esters is 1. The Kier molecular flexibility index (Phi) is 7.17. The number of likely N-dealkylation sites (tertiary alicyclic amines) is 1. The molecule has 4 aliphatic heterocycles. The Morgan fingerprint density at radius 1 is 1.03 bits per heavy atom. The van der Waals surface area contributed by atoms with E-state index in [1.54, 1.807) is 9.80 Å². The number of aliphatic hydroxyl groups excluding tert-OH is 1. The van der Waals surface area contributed by atoms with Gasteiger partial charge >= 0.3 is 5.97 Å². The molecule has 194 valence electrons. The van der Waals surface area contributed by atoms with Gasteiger partial charge in [-0.2, -0.15) is 0 Å². The number of aliphatic hydroxyl groups is 1. The Balaban J connectivity index is 1.79. The van der Waals surface area contributed by atoms with Gasteiger partial charge in [0.05, 0.1) is 12.5 Å². The molecular formula is C27H40N2O6. The minimum absolute atomic E-state index is 0.143. The second kappa shape index (κ2) is 9.69. The summed E-state index contributed by atoms with van der Waals surface area (Å²) in [5.74, 6) is -2.41. The Bertz CT molecular complexity index is 908. The lowest BCUT2D eigenvalue weighted by Crippen LogP contribution is -2.59. The average molecular weight is 489 g/mol. The van der Waals surface area contributed by atoms with Gasteiger partial charge in [0.2, 0.25) is 11.8 Å². The zero-order chi connectivity index (χ0) is 25.4. The summed E-state index contributed by atoms with van der Waals surface area (Å²) in [5.41, 5.74) is -2.67. The van der Waals surface area contributed by atoms with E-state index in [1.165, 1.54) is 0 Å². The molecule has 5 atom stereocenters. The van der Waals surface area contributed by atoms with Crippen LogP contribution in [0.5, 0.6) is 0 Å². The fourth-order valence-corrected chi connectivity index (χ4v) is 6.32. The first-order valence-corrected chi connectivity index (χ1v) is 13.1. The van der Waals surface area contributed by atoms with Gasteiger partial charge in [0.25, 0.3) is 0 Å². The van der Waals surface area contributed by atoms with Crippen molar-refractivity contribution in [1.82, 2.24) is 9.80 Å². The quantitative estimate of drug-likeness (QED) is 0.336. The van der Waals surface area contributed by atoms with Gasteiger partial charge in [0.15, 0.2) is 0 Å². The molecule has 8 nitrogen and oxygen atoms in total. The molecule has 4 heterocycles. The predicted octanol–water partition coefficient (Wildman–Crippen LogP) is 2.60. The van der Waals surface area contributed by atoms with E-state index in [4.69, 9.17) is 14.6 Å². The molecule has 1 spiro atoms. The number of fused-ring (bicyclic) bond motifs is 2. The average Bonchev–Trinajstić information content (AvgIpc) is 3.13. The van der Waals surface area contributed by atoms with Crippen LogP contribution >= 0.6 is 0 Å². The molecule has 4 aliphatic rings. The van der Waals surface area contributed by atoms with Crippen LogP contribution in [0.3, 0.4) is 0 Å². The lowest BCUT2D eigenvalue weighted by atomic mass is 9.73. The van der Waals surface area contributed by atoms with E-state index < -0.39 is 40.6 Å². The molecule has 0 bridgehead atoms. The first kappa shape index (κ1) is 25.9. The Hall–Kier alpha value is -2.19. The fourth-order valence-electron chi connectivity index (χ4n) is 6.32. The van der Waals surface area contributed by atoms with E-state index in [-0.39, 0.29) is 25.0 Å². The molecular weight excluding hydrogens is 448 g/mol. The van der Waals surface area contributed by atoms with Gasteiger partial charge < -0.3 is 24.4 Å². The number of nitrogens with zero attached hydrogens (tertiary/aromatic N) is 2. The third-order valence-corrected chi connectivity index (χ3v) is 8.02. The van der Waals surface area contributed by atoms with E-state index in [9.17, 15) is 14.4 Å². The van der Waals surface area contributed by atoms with Crippen LogP contribution in [0.15, 0.2) is 24.3 Å². The van der Waals surface area contributed by atoms with E-state index in [0.717, 1.165) is 12.8 Å². The lowest BCUT2D eigenvalue weighted by molar-refractivity contribution is -0.162. The van der Waals surface area contributed by atoms with Crippen LogP contribution in [0, 0.1) is 11.8 Å². The number of hydrogen-bond donors (Lipinski definition) is 1. The molecule has 8 heteroatoms. The first-order valence-electron chi connectivity index (χ1n) is 13.1. The van der Waals surface area contributed by atoms with Crippen molar-refractivity contribution in [2.24, 2.45) is 11.8 Å². The third kappa shape index (κ3) is 4.22. The Labute approximate surface area is 208 Å². The zero-order valence-corrected chi connectivity index (χ0v) is 21.5. The maximum Gasteiger partial charge on any atom is 0.313 e. The van der Waals surface area contributed by atoms with Crippen molar-refractivity contribution in [2.45, 2.75) is 89.0 Å². The van der Waals surface area contributed by atoms with Gasteiger partial charge in [-0.15, -0.1) is 0 Å². The van der Waals surface area contributed by atoms with Crippen LogP contribution in [0.25, 0.3) is 0 Å². The van der Waals surface area contributed by atoms with Crippen molar-refractivity contribution in [2.75, 3.05) is 26.3 Å². The summed E-state index contributed by atoms with van der Waals surface area (Å²) in [6.07, 6.45) is 11.9. The molecule has 0 aromatic carbocycles. The summed E-state index contributed by atoms with van der Waals surface area (Å²) in [7, 11) is 0. The first-order chi connectivity index (χ1) is 16.6. The molecule has 35 heavy (non-hydrogen) atoms. The number of carbonyl (C=O) groups excluding carboxylic acids is 3. The normalized spacial score (nSPS) is 34.8. The molecule has 2 fully saturated rings. The second-order valence-electron chi connectivity index (χ2n) is 11.2. The molecule has 0 saturated carbocycles. The number of ether oxygens (including phenoxy) is 2. The molecule has 1 N–H and O–H groups in total. The molecule has 0 radical (unpaired) electrons. The van der Waals surface area contributed by atoms with E-state index in [0.29, 0.717) is 38.8 Å². The van der Waals surface area contributed by atoms with Crippen molar-refractivity contribution in [3.63, 3.8) is 0 Å². The molecule has 0 aromatic heterocycles. The van der Waals surface area contributed by atoms with Crippen molar-refractivity contribution in [1.29, 1.82) is 0 Å². The van der Waals surface area contributed by atoms with E-state index in [1.807, 2.05) is 52.0 Å². The highest BCUT2D eigenvalue weighted by atomic mass is 16.6. The standard InChI is InChI=1S/C27H40N2O6/c1-5-26-13-8-11-18-34-24(33)20(26)19-22(31)28(15-9-6-7-10-17-30)21-23(32)29(25(2,3)4)16-12-14-27(19,21)35-26/h8,12-14,19-21,30H,5-7,9-11,15-18H2,1-4H3/t19-,20-,21?,26+,27-/m0/s1. The number of cyclic esters (lactones) is 1. The maximum absolute atomic E-state index is 14.2. The van der Waals surface area contributed by atoms with Crippen LogP contribution in [0.2, 0.25) is 0 Å². The minimum Gasteiger partial charge on any atom is -0.465 e. The van der Waals surface area contributed by atoms with Crippen LogP contribution < -0.4 is 0 Å². The van der Waals surface area contributed by atoms with Crippen LogP contribution in [-0.2, 0) is 23.9 Å². The highest BCUT2D eigenvalue weighted by molar-refractivity contribution is 5.99. The number of hydrogen-bond acceptors (Lipinski definition) is 6. The molecule has 2 saturated heterocycles. The number of carbonyl (C=O) groups is 3. The summed E-state index contributed by atoms with van der Waals surface area (Å²) in [6, 6.07) is -0.839. The molecule has 0 aliphatic carbocycles. The number of rotatable bonds is 7. The lowest BCUT2D eigenvalue weighted by Gasteiger charge is -2.41. The van der Waals surface area contributed by atoms with Crippen LogP contribution in [0.1, 0.15) is 66.2 Å². The van der Waals surface area contributed by atoms with Gasteiger partial charge in [-0.05, 0) is 46.5 Å². The van der Waals surface area contributed by atoms with Gasteiger partial charge in [-0.3, -0.25) is 14.4 Å². The SMILES string of the molecule is CC[C@@]12C=CCCOC(=O)[C@@H]1[C@H]1C(=O)N(CCCCCCO)C3C(=O)N(C(C)(C)C)CC=C[C@@]31O2. The predicted molar refractivity (Wildman–Crippen MR) is 130 cm³/mol. The Morgan fingerprint density at radius 2 is 1.77 bits per heavy atom. The topological polar surface area (TPSA) is 96.4 Å². The minimum atomic E-state index is -1.23. The van der Waals surface area contributed by atoms with E-state index in [2.05, 4.69) is 0 Å². The summed E-state index contributed by atoms with van der Waals surface area (Å²) in [5, 5.41) is 9.09. The van der Waals surface area contributed by atoms with Crippen molar-refractivity contribution >= 4 is 17.8 Å². The zero-order valence-electron chi connectivity index (χ0n) is 21.5. The van der Waals surface area contributed by atoms with Gasteiger partial charge in [0, 0.05) is 25.2 Å². The highest BCUT2D eigenvalue weighted by Crippen LogP contribution is 2.58. The van der Waals surface area contributed by atoms with Crippen molar-refractivity contribution in [3.8, 4) is 0 Å². The monoisotopic (exact) mass is 488 g/mol. The van der Waals surface area contributed by atoms with Gasteiger partial charge in [0.1, 0.15) is 23.2 Å². The van der Waals surface area contributed by atoms with E-state index >= 15 is 0 Å².